The lowest BCUT2D eigenvalue weighted by Gasteiger charge is -2.13. The standard InChI is InChI=1S/C17H18N2O5S2/c20-15(18-13-5-3-4-12(10-13)17(21)22)11-14-6-7-16(25-14)26(23,24)19-8-1-2-9-19/h3-7,10H,1-2,8-9,11H2,(H,18,20)(H,21,22). The Labute approximate surface area is 155 Å². The summed E-state index contributed by atoms with van der Waals surface area (Å²) in [6, 6.07) is 9.13. The monoisotopic (exact) mass is 394 g/mol. The number of hydrogen-bond donors (Lipinski definition) is 2. The van der Waals surface area contributed by atoms with E-state index in [9.17, 15) is 18.0 Å². The molecule has 1 fully saturated rings. The van der Waals surface area contributed by atoms with E-state index >= 15 is 0 Å². The molecule has 1 aliphatic heterocycles. The molecule has 0 radical (unpaired) electrons. The fourth-order valence-corrected chi connectivity index (χ4v) is 5.77. The predicted molar refractivity (Wildman–Crippen MR) is 98.0 cm³/mol. The molecule has 3 rings (SSSR count). The number of rotatable bonds is 6. The van der Waals surface area contributed by atoms with Crippen molar-refractivity contribution in [3.63, 3.8) is 0 Å². The summed E-state index contributed by atoms with van der Waals surface area (Å²) in [6.07, 6.45) is 1.77. The molecule has 0 saturated carbocycles. The maximum absolute atomic E-state index is 12.5. The molecule has 0 bridgehead atoms. The van der Waals surface area contributed by atoms with Crippen LogP contribution in [-0.2, 0) is 21.2 Å². The van der Waals surface area contributed by atoms with Crippen LogP contribution in [0, 0.1) is 0 Å². The smallest absolute Gasteiger partial charge is 0.335 e. The van der Waals surface area contributed by atoms with E-state index < -0.39 is 16.0 Å². The summed E-state index contributed by atoms with van der Waals surface area (Å²) >= 11 is 1.09. The van der Waals surface area contributed by atoms with Gasteiger partial charge in [-0.05, 0) is 43.2 Å². The first-order chi connectivity index (χ1) is 12.4. The van der Waals surface area contributed by atoms with Gasteiger partial charge in [0.25, 0.3) is 10.0 Å². The summed E-state index contributed by atoms with van der Waals surface area (Å²) in [4.78, 5) is 23.8. The molecule has 138 valence electrons. The molecule has 9 heteroatoms. The van der Waals surface area contributed by atoms with Gasteiger partial charge in [0.2, 0.25) is 5.91 Å². The molecule has 0 unspecified atom stereocenters. The van der Waals surface area contributed by atoms with Crippen molar-refractivity contribution in [3.05, 3.63) is 46.8 Å². The molecule has 7 nitrogen and oxygen atoms in total. The zero-order valence-corrected chi connectivity index (χ0v) is 15.5. The largest absolute Gasteiger partial charge is 0.478 e. The lowest BCUT2D eigenvalue weighted by Crippen LogP contribution is -2.27. The van der Waals surface area contributed by atoms with E-state index in [1.54, 1.807) is 18.2 Å². The van der Waals surface area contributed by atoms with Gasteiger partial charge in [0, 0.05) is 23.7 Å². The number of sulfonamides is 1. The van der Waals surface area contributed by atoms with Gasteiger partial charge in [-0.2, -0.15) is 4.31 Å². The lowest BCUT2D eigenvalue weighted by atomic mass is 10.2. The Hall–Kier alpha value is -2.23. The second-order valence-corrected chi connectivity index (χ2v) is 9.28. The van der Waals surface area contributed by atoms with Crippen LogP contribution in [0.4, 0.5) is 5.69 Å². The van der Waals surface area contributed by atoms with Gasteiger partial charge in [0.15, 0.2) is 0 Å². The molecule has 0 aliphatic carbocycles. The predicted octanol–water partition coefficient (Wildman–Crippen LogP) is 2.41. The Morgan fingerprint density at radius 1 is 1.15 bits per heavy atom. The third-order valence-corrected chi connectivity index (χ3v) is 7.48. The number of carbonyl (C=O) groups is 2. The SMILES string of the molecule is O=C(Cc1ccc(S(=O)(=O)N2CCCC2)s1)Nc1cccc(C(=O)O)c1. The molecule has 2 N–H and O–H groups in total. The van der Waals surface area contributed by atoms with Crippen molar-refractivity contribution in [2.75, 3.05) is 18.4 Å². The summed E-state index contributed by atoms with van der Waals surface area (Å²) in [5, 5.41) is 11.6. The van der Waals surface area contributed by atoms with Crippen LogP contribution in [0.15, 0.2) is 40.6 Å². The number of nitrogens with zero attached hydrogens (tertiary/aromatic N) is 1. The third-order valence-electron chi connectivity index (χ3n) is 4.02. The highest BCUT2D eigenvalue weighted by molar-refractivity contribution is 7.91. The minimum absolute atomic E-state index is 0.0253. The van der Waals surface area contributed by atoms with E-state index in [4.69, 9.17) is 5.11 Å². The maximum Gasteiger partial charge on any atom is 0.335 e. The van der Waals surface area contributed by atoms with E-state index in [-0.39, 0.29) is 22.1 Å². The van der Waals surface area contributed by atoms with E-state index in [2.05, 4.69) is 5.32 Å². The second kappa shape index (κ2) is 7.56. The highest BCUT2D eigenvalue weighted by Gasteiger charge is 2.28. The summed E-state index contributed by atoms with van der Waals surface area (Å²) in [7, 11) is -3.47. The van der Waals surface area contributed by atoms with Crippen LogP contribution in [0.3, 0.4) is 0 Å². The molecule has 0 spiro atoms. The Balaban J connectivity index is 1.66. The van der Waals surface area contributed by atoms with Gasteiger partial charge in [-0.15, -0.1) is 11.3 Å². The van der Waals surface area contributed by atoms with Gasteiger partial charge >= 0.3 is 5.97 Å². The highest BCUT2D eigenvalue weighted by atomic mass is 32.2. The van der Waals surface area contributed by atoms with Crippen molar-refractivity contribution < 1.29 is 23.1 Å². The zero-order valence-electron chi connectivity index (χ0n) is 13.8. The minimum Gasteiger partial charge on any atom is -0.478 e. The third kappa shape index (κ3) is 4.12. The van der Waals surface area contributed by atoms with Crippen LogP contribution in [0.25, 0.3) is 0 Å². The number of thiophene rings is 1. The van der Waals surface area contributed by atoms with Crippen molar-refractivity contribution in [3.8, 4) is 0 Å². The number of benzene rings is 1. The average Bonchev–Trinajstić information content (AvgIpc) is 3.27. The Morgan fingerprint density at radius 3 is 2.58 bits per heavy atom. The molecule has 2 heterocycles. The zero-order chi connectivity index (χ0) is 18.7. The summed E-state index contributed by atoms with van der Waals surface area (Å²) in [5.74, 6) is -1.41. The summed E-state index contributed by atoms with van der Waals surface area (Å²) in [6.45, 7) is 1.08. The molecule has 1 aromatic carbocycles. The molecule has 0 atom stereocenters. The Morgan fingerprint density at radius 2 is 1.88 bits per heavy atom. The number of anilines is 1. The fraction of sp³-hybridized carbons (Fsp3) is 0.294. The Kier molecular flexibility index (Phi) is 5.40. The fourth-order valence-electron chi connectivity index (χ4n) is 2.74. The lowest BCUT2D eigenvalue weighted by molar-refractivity contribution is -0.115. The average molecular weight is 394 g/mol. The van der Waals surface area contributed by atoms with Crippen LogP contribution in [-0.4, -0.2) is 42.8 Å². The van der Waals surface area contributed by atoms with Crippen LogP contribution >= 0.6 is 11.3 Å². The molecule has 1 amide bonds. The van der Waals surface area contributed by atoms with Gasteiger partial charge in [-0.3, -0.25) is 4.79 Å². The van der Waals surface area contributed by atoms with Crippen LogP contribution in [0.5, 0.6) is 0 Å². The first-order valence-electron chi connectivity index (χ1n) is 8.08. The number of carboxylic acids is 1. The number of carbonyl (C=O) groups excluding carboxylic acids is 1. The van der Waals surface area contributed by atoms with Crippen molar-refractivity contribution in [2.24, 2.45) is 0 Å². The summed E-state index contributed by atoms with van der Waals surface area (Å²) in [5.41, 5.74) is 0.467. The quantitative estimate of drug-likeness (QED) is 0.783. The van der Waals surface area contributed by atoms with Gasteiger partial charge < -0.3 is 10.4 Å². The minimum atomic E-state index is -3.47. The van der Waals surface area contributed by atoms with Crippen molar-refractivity contribution >= 4 is 38.9 Å². The van der Waals surface area contributed by atoms with E-state index in [0.29, 0.717) is 23.7 Å². The molecule has 26 heavy (non-hydrogen) atoms. The van der Waals surface area contributed by atoms with Crippen LogP contribution in [0.2, 0.25) is 0 Å². The highest BCUT2D eigenvalue weighted by Crippen LogP contribution is 2.27. The molecule has 1 aliphatic rings. The first-order valence-corrected chi connectivity index (χ1v) is 10.3. The maximum atomic E-state index is 12.5. The van der Waals surface area contributed by atoms with E-state index in [1.807, 2.05) is 0 Å². The van der Waals surface area contributed by atoms with Crippen LogP contribution in [0.1, 0.15) is 28.1 Å². The molecule has 1 aromatic heterocycles. The number of hydrogen-bond acceptors (Lipinski definition) is 5. The van der Waals surface area contributed by atoms with Crippen molar-refractivity contribution in [1.29, 1.82) is 0 Å². The van der Waals surface area contributed by atoms with Gasteiger partial charge in [0.1, 0.15) is 4.21 Å². The number of nitrogens with one attached hydrogen (secondary N) is 1. The molecule has 1 saturated heterocycles. The normalized spacial score (nSPS) is 15.1. The van der Waals surface area contributed by atoms with Gasteiger partial charge in [0.05, 0.1) is 12.0 Å². The van der Waals surface area contributed by atoms with Crippen LogP contribution < -0.4 is 5.32 Å². The van der Waals surface area contributed by atoms with Gasteiger partial charge in [-0.1, -0.05) is 6.07 Å². The van der Waals surface area contributed by atoms with E-state index in [0.717, 1.165) is 24.2 Å². The molecular weight excluding hydrogens is 376 g/mol. The number of aromatic carboxylic acids is 1. The van der Waals surface area contributed by atoms with Gasteiger partial charge in [-0.25, -0.2) is 13.2 Å². The van der Waals surface area contributed by atoms with Crippen molar-refractivity contribution in [1.82, 2.24) is 4.31 Å². The Bertz CT molecular complexity index is 930. The van der Waals surface area contributed by atoms with Crippen molar-refractivity contribution in [2.45, 2.75) is 23.5 Å². The topological polar surface area (TPSA) is 104 Å². The number of amides is 1. The molecule has 2 aromatic rings. The number of carboxylic acid groups (broad SMARTS) is 1. The second-order valence-electron chi connectivity index (χ2n) is 5.94. The summed E-state index contributed by atoms with van der Waals surface area (Å²) < 4.78 is 26.7. The molecular formula is C17H18N2O5S2. The van der Waals surface area contributed by atoms with E-state index in [1.165, 1.54) is 22.5 Å². The first kappa shape index (κ1) is 18.6.